The molecule has 6 heteroatoms. The van der Waals surface area contributed by atoms with Gasteiger partial charge in [-0.1, -0.05) is 42.5 Å². The fraction of sp³-hybridized carbons (Fsp3) is 0.240. The van der Waals surface area contributed by atoms with Crippen LogP contribution in [0.15, 0.2) is 66.7 Å². The lowest BCUT2D eigenvalue weighted by Crippen LogP contribution is -2.29. The lowest BCUT2D eigenvalue weighted by atomic mass is 9.90. The minimum absolute atomic E-state index is 0.0837. The first kappa shape index (κ1) is 22.2. The van der Waals surface area contributed by atoms with Crippen LogP contribution in [0.25, 0.3) is 10.8 Å². The molecule has 0 saturated heterocycles. The van der Waals surface area contributed by atoms with Gasteiger partial charge in [-0.2, -0.15) is 0 Å². The molecule has 0 bridgehead atoms. The van der Waals surface area contributed by atoms with E-state index in [4.69, 9.17) is 9.47 Å². The van der Waals surface area contributed by atoms with Crippen molar-refractivity contribution in [1.29, 1.82) is 0 Å². The molecule has 0 spiro atoms. The third-order valence-electron chi connectivity index (χ3n) is 4.88. The first-order valence-corrected chi connectivity index (χ1v) is 10.1. The molecule has 0 fully saturated rings. The molecule has 1 atom stereocenters. The van der Waals surface area contributed by atoms with Gasteiger partial charge < -0.3 is 9.47 Å². The van der Waals surface area contributed by atoms with E-state index < -0.39 is 29.5 Å². The summed E-state index contributed by atoms with van der Waals surface area (Å²) in [6.45, 7) is 1.97. The van der Waals surface area contributed by atoms with Crippen molar-refractivity contribution in [2.45, 2.75) is 26.2 Å². The number of esters is 2. The Hall–Kier alpha value is -3.54. The standard InChI is InChI=1S/C25H23FO5/c1-2-30-23(27)14-8-13-21(25(29)31-17-9-4-3-5-10-17)24(28)20-15-16-22(26)19-12-7-6-11-18(19)20/h3-7,9-12,15-16,21H,2,8,13-14H2,1H3. The van der Waals surface area contributed by atoms with Gasteiger partial charge >= 0.3 is 11.9 Å². The van der Waals surface area contributed by atoms with Gasteiger partial charge in [0.2, 0.25) is 0 Å². The van der Waals surface area contributed by atoms with Crippen molar-refractivity contribution in [3.63, 3.8) is 0 Å². The summed E-state index contributed by atoms with van der Waals surface area (Å²) in [5.41, 5.74) is 0.239. The summed E-state index contributed by atoms with van der Waals surface area (Å²) in [4.78, 5) is 37.9. The number of hydrogen-bond acceptors (Lipinski definition) is 5. The van der Waals surface area contributed by atoms with Crippen molar-refractivity contribution in [3.05, 3.63) is 78.1 Å². The van der Waals surface area contributed by atoms with E-state index in [-0.39, 0.29) is 31.4 Å². The van der Waals surface area contributed by atoms with Gasteiger partial charge in [-0.15, -0.1) is 0 Å². The fourth-order valence-electron chi connectivity index (χ4n) is 3.38. The Kier molecular flexibility index (Phi) is 7.49. The third-order valence-corrected chi connectivity index (χ3v) is 4.88. The number of carbonyl (C=O) groups is 3. The van der Waals surface area contributed by atoms with Crippen molar-refractivity contribution >= 4 is 28.5 Å². The number of hydrogen-bond donors (Lipinski definition) is 0. The SMILES string of the molecule is CCOC(=O)CCCC(C(=O)Oc1ccccc1)C(=O)c1ccc(F)c2ccccc12. The number of halogens is 1. The maximum Gasteiger partial charge on any atom is 0.322 e. The normalized spacial score (nSPS) is 11.7. The van der Waals surface area contributed by atoms with Gasteiger partial charge in [-0.3, -0.25) is 14.4 Å². The summed E-state index contributed by atoms with van der Waals surface area (Å²) in [6.07, 6.45) is 0.466. The number of carbonyl (C=O) groups excluding carboxylic acids is 3. The highest BCUT2D eigenvalue weighted by Gasteiger charge is 2.31. The second-order valence-electron chi connectivity index (χ2n) is 6.99. The second kappa shape index (κ2) is 10.5. The van der Waals surface area contributed by atoms with E-state index in [1.165, 1.54) is 12.1 Å². The van der Waals surface area contributed by atoms with Gasteiger partial charge in [-0.25, -0.2) is 4.39 Å². The second-order valence-corrected chi connectivity index (χ2v) is 6.99. The van der Waals surface area contributed by atoms with Crippen LogP contribution in [0.5, 0.6) is 5.75 Å². The molecule has 31 heavy (non-hydrogen) atoms. The molecule has 0 heterocycles. The molecule has 0 N–H and O–H groups in total. The molecular weight excluding hydrogens is 399 g/mol. The fourth-order valence-corrected chi connectivity index (χ4v) is 3.38. The highest BCUT2D eigenvalue weighted by molar-refractivity contribution is 6.15. The van der Waals surface area contributed by atoms with Gasteiger partial charge in [-0.05, 0) is 49.4 Å². The molecule has 3 aromatic carbocycles. The Balaban J connectivity index is 1.88. The zero-order valence-corrected chi connectivity index (χ0v) is 17.2. The van der Waals surface area contributed by atoms with Crippen LogP contribution in [-0.2, 0) is 14.3 Å². The monoisotopic (exact) mass is 422 g/mol. The van der Waals surface area contributed by atoms with Crippen LogP contribution >= 0.6 is 0 Å². The largest absolute Gasteiger partial charge is 0.466 e. The van der Waals surface area contributed by atoms with E-state index in [9.17, 15) is 18.8 Å². The van der Waals surface area contributed by atoms with Crippen LogP contribution in [0.1, 0.15) is 36.5 Å². The van der Waals surface area contributed by atoms with E-state index in [1.54, 1.807) is 61.5 Å². The van der Waals surface area contributed by atoms with E-state index in [0.717, 1.165) is 0 Å². The van der Waals surface area contributed by atoms with Gasteiger partial charge in [0.25, 0.3) is 0 Å². The topological polar surface area (TPSA) is 69.7 Å². The molecule has 1 unspecified atom stereocenters. The summed E-state index contributed by atoms with van der Waals surface area (Å²) in [5.74, 6) is -2.84. The first-order chi connectivity index (χ1) is 15.0. The van der Waals surface area contributed by atoms with Gasteiger partial charge in [0, 0.05) is 17.4 Å². The third kappa shape index (κ3) is 5.54. The lowest BCUT2D eigenvalue weighted by molar-refractivity contribution is -0.144. The Morgan fingerprint density at radius 3 is 2.29 bits per heavy atom. The molecule has 0 aliphatic carbocycles. The van der Waals surface area contributed by atoms with Crippen LogP contribution in [-0.4, -0.2) is 24.3 Å². The minimum atomic E-state index is -1.14. The Morgan fingerprint density at radius 2 is 1.58 bits per heavy atom. The number of ether oxygens (including phenoxy) is 2. The smallest absolute Gasteiger partial charge is 0.322 e. The van der Waals surface area contributed by atoms with Crippen LogP contribution in [0.4, 0.5) is 4.39 Å². The predicted molar refractivity (Wildman–Crippen MR) is 114 cm³/mol. The van der Waals surface area contributed by atoms with E-state index in [0.29, 0.717) is 16.5 Å². The molecule has 0 aromatic heterocycles. The van der Waals surface area contributed by atoms with Crippen molar-refractivity contribution in [1.82, 2.24) is 0 Å². The molecule has 3 rings (SSSR count). The molecule has 3 aromatic rings. The summed E-state index contributed by atoms with van der Waals surface area (Å²) in [6, 6.07) is 17.7. The van der Waals surface area contributed by atoms with Gasteiger partial charge in [0.1, 0.15) is 17.5 Å². The zero-order valence-electron chi connectivity index (χ0n) is 17.2. The molecule has 0 radical (unpaired) electrons. The molecular formula is C25H23FO5. The van der Waals surface area contributed by atoms with Crippen LogP contribution in [0.3, 0.4) is 0 Å². The summed E-state index contributed by atoms with van der Waals surface area (Å²) < 4.78 is 24.5. The zero-order chi connectivity index (χ0) is 22.2. The minimum Gasteiger partial charge on any atom is -0.466 e. The molecule has 0 saturated carbocycles. The van der Waals surface area contributed by atoms with Crippen molar-refractivity contribution in [2.24, 2.45) is 5.92 Å². The summed E-state index contributed by atoms with van der Waals surface area (Å²) >= 11 is 0. The average molecular weight is 422 g/mol. The van der Waals surface area contributed by atoms with Gasteiger partial charge in [0.05, 0.1) is 6.61 Å². The van der Waals surface area contributed by atoms with E-state index >= 15 is 0 Å². The van der Waals surface area contributed by atoms with Crippen molar-refractivity contribution in [2.75, 3.05) is 6.61 Å². The highest BCUT2D eigenvalue weighted by Crippen LogP contribution is 2.27. The summed E-state index contributed by atoms with van der Waals surface area (Å²) in [5, 5.41) is 0.727. The van der Waals surface area contributed by atoms with Crippen LogP contribution < -0.4 is 4.74 Å². The van der Waals surface area contributed by atoms with E-state index in [2.05, 4.69) is 0 Å². The molecule has 5 nitrogen and oxygen atoms in total. The van der Waals surface area contributed by atoms with Gasteiger partial charge in [0.15, 0.2) is 5.78 Å². The van der Waals surface area contributed by atoms with Crippen molar-refractivity contribution < 1.29 is 28.2 Å². The Morgan fingerprint density at radius 1 is 0.903 bits per heavy atom. The van der Waals surface area contributed by atoms with Crippen LogP contribution in [0, 0.1) is 11.7 Å². The average Bonchev–Trinajstić information content (AvgIpc) is 2.77. The molecule has 0 amide bonds. The predicted octanol–water partition coefficient (Wildman–Crippen LogP) is 5.12. The number of ketones is 1. The number of para-hydroxylation sites is 1. The Bertz CT molecular complexity index is 1080. The summed E-state index contributed by atoms with van der Waals surface area (Å²) in [7, 11) is 0. The number of fused-ring (bicyclic) bond motifs is 1. The quantitative estimate of drug-likeness (QED) is 0.207. The number of rotatable bonds is 9. The Labute approximate surface area is 179 Å². The van der Waals surface area contributed by atoms with E-state index in [1.807, 2.05) is 0 Å². The van der Waals surface area contributed by atoms with Crippen LogP contribution in [0.2, 0.25) is 0 Å². The molecule has 0 aliphatic rings. The molecule has 0 aliphatic heterocycles. The maximum absolute atomic E-state index is 14.2. The number of Topliss-reactive ketones (excluding diaryl/α,β-unsaturated/α-hetero) is 1. The maximum atomic E-state index is 14.2. The van der Waals surface area contributed by atoms with Crippen molar-refractivity contribution in [3.8, 4) is 5.75 Å². The highest BCUT2D eigenvalue weighted by atomic mass is 19.1. The molecule has 160 valence electrons. The first-order valence-electron chi connectivity index (χ1n) is 10.1. The lowest BCUT2D eigenvalue weighted by Gasteiger charge is -2.16. The number of benzene rings is 3.